The van der Waals surface area contributed by atoms with Crippen LogP contribution in [0.25, 0.3) is 0 Å². The lowest BCUT2D eigenvalue weighted by atomic mass is 10.1. The fraction of sp³-hybridized carbons (Fsp3) is 0.0769. The zero-order chi connectivity index (χ0) is 15.4. The summed E-state index contributed by atoms with van der Waals surface area (Å²) in [6.45, 7) is 0.375. The van der Waals surface area contributed by atoms with E-state index < -0.39 is 0 Å². The molecular formula is C13H11BrCl2N4O. The van der Waals surface area contributed by atoms with Crippen molar-refractivity contribution in [3.63, 3.8) is 0 Å². The number of amidine groups is 1. The molecule has 5 nitrogen and oxygen atoms in total. The Bertz CT molecular complexity index is 671. The van der Waals surface area contributed by atoms with Crippen molar-refractivity contribution in [2.24, 2.45) is 10.9 Å². The molecule has 0 spiro atoms. The van der Waals surface area contributed by atoms with E-state index in [1.807, 2.05) is 6.07 Å². The van der Waals surface area contributed by atoms with Crippen molar-refractivity contribution in [3.8, 4) is 0 Å². The first-order valence-electron chi connectivity index (χ1n) is 5.83. The van der Waals surface area contributed by atoms with Crippen LogP contribution >= 0.6 is 39.1 Å². The Labute approximate surface area is 139 Å². The van der Waals surface area contributed by atoms with Crippen LogP contribution in [0.5, 0.6) is 0 Å². The summed E-state index contributed by atoms with van der Waals surface area (Å²) >= 11 is 15.6. The van der Waals surface area contributed by atoms with Crippen LogP contribution < -0.4 is 11.1 Å². The monoisotopic (exact) mass is 388 g/mol. The Morgan fingerprint density at radius 3 is 2.67 bits per heavy atom. The van der Waals surface area contributed by atoms with Crippen LogP contribution in [0.4, 0.5) is 5.69 Å². The highest BCUT2D eigenvalue weighted by atomic mass is 79.9. The number of nitrogens with zero attached hydrogens (tertiary/aromatic N) is 2. The quantitative estimate of drug-likeness (QED) is 0.321. The fourth-order valence-electron chi connectivity index (χ4n) is 1.75. The first-order chi connectivity index (χ1) is 10.0. The largest absolute Gasteiger partial charge is 0.409 e. The van der Waals surface area contributed by atoms with Crippen LogP contribution in [-0.2, 0) is 6.54 Å². The summed E-state index contributed by atoms with van der Waals surface area (Å²) in [5.74, 6) is -0.0552. The number of nitrogens with one attached hydrogen (secondary N) is 1. The number of pyridine rings is 1. The zero-order valence-electron chi connectivity index (χ0n) is 10.6. The molecule has 0 saturated heterocycles. The van der Waals surface area contributed by atoms with Crippen LogP contribution in [0.1, 0.15) is 11.3 Å². The predicted molar refractivity (Wildman–Crippen MR) is 88.2 cm³/mol. The molecule has 0 amide bonds. The van der Waals surface area contributed by atoms with Crippen LogP contribution in [0.15, 0.2) is 40.1 Å². The topological polar surface area (TPSA) is 83.5 Å². The third-order valence-corrected chi connectivity index (χ3v) is 3.76. The van der Waals surface area contributed by atoms with E-state index in [4.69, 9.17) is 34.1 Å². The summed E-state index contributed by atoms with van der Waals surface area (Å²) in [6, 6.07) is 7.05. The van der Waals surface area contributed by atoms with E-state index in [0.717, 1.165) is 10.0 Å². The van der Waals surface area contributed by atoms with Crippen molar-refractivity contribution < 1.29 is 5.21 Å². The van der Waals surface area contributed by atoms with Gasteiger partial charge in [0.2, 0.25) is 0 Å². The second kappa shape index (κ2) is 6.98. The molecule has 21 heavy (non-hydrogen) atoms. The number of rotatable bonds is 4. The molecule has 0 atom stereocenters. The van der Waals surface area contributed by atoms with E-state index in [0.29, 0.717) is 28.0 Å². The molecule has 0 aliphatic carbocycles. The van der Waals surface area contributed by atoms with Crippen molar-refractivity contribution in [1.82, 2.24) is 4.98 Å². The number of hydrogen-bond acceptors (Lipinski definition) is 4. The van der Waals surface area contributed by atoms with Gasteiger partial charge in [0.05, 0.1) is 15.7 Å². The molecule has 0 saturated carbocycles. The Hall–Kier alpha value is -1.50. The SMILES string of the molecule is NC(=NO)c1ncccc1CNc1c(Cl)cc(Br)cc1Cl. The number of hydrogen-bond donors (Lipinski definition) is 3. The summed E-state index contributed by atoms with van der Waals surface area (Å²) < 4.78 is 0.793. The van der Waals surface area contributed by atoms with Crippen LogP contribution in [0.3, 0.4) is 0 Å². The average Bonchev–Trinajstić information content (AvgIpc) is 2.45. The molecular weight excluding hydrogens is 379 g/mol. The van der Waals surface area contributed by atoms with Crippen molar-refractivity contribution in [2.75, 3.05) is 5.32 Å². The highest BCUT2D eigenvalue weighted by molar-refractivity contribution is 9.10. The van der Waals surface area contributed by atoms with E-state index in [-0.39, 0.29) is 5.84 Å². The van der Waals surface area contributed by atoms with E-state index in [1.165, 1.54) is 0 Å². The number of halogens is 3. The van der Waals surface area contributed by atoms with Crippen molar-refractivity contribution in [3.05, 3.63) is 56.2 Å². The van der Waals surface area contributed by atoms with Gasteiger partial charge in [-0.1, -0.05) is 50.4 Å². The first-order valence-corrected chi connectivity index (χ1v) is 7.38. The normalized spacial score (nSPS) is 11.5. The van der Waals surface area contributed by atoms with E-state index >= 15 is 0 Å². The Morgan fingerprint density at radius 2 is 2.05 bits per heavy atom. The molecule has 2 aromatic rings. The highest BCUT2D eigenvalue weighted by Gasteiger charge is 2.11. The predicted octanol–water partition coefficient (Wildman–Crippen LogP) is 3.86. The van der Waals surface area contributed by atoms with Gasteiger partial charge < -0.3 is 16.3 Å². The summed E-state index contributed by atoms with van der Waals surface area (Å²) in [5, 5.41) is 15.8. The van der Waals surface area contributed by atoms with Crippen LogP contribution in [0.2, 0.25) is 10.0 Å². The third-order valence-electron chi connectivity index (χ3n) is 2.70. The number of nitrogens with two attached hydrogens (primary N) is 1. The Morgan fingerprint density at radius 1 is 1.38 bits per heavy atom. The lowest BCUT2D eigenvalue weighted by molar-refractivity contribution is 0.318. The number of aromatic nitrogens is 1. The molecule has 1 aromatic carbocycles. The van der Waals surface area contributed by atoms with Crippen molar-refractivity contribution in [2.45, 2.75) is 6.54 Å². The molecule has 0 radical (unpaired) electrons. The Kier molecular flexibility index (Phi) is 5.27. The van der Waals surface area contributed by atoms with Gasteiger partial charge in [-0.15, -0.1) is 0 Å². The fourth-order valence-corrected chi connectivity index (χ4v) is 3.10. The van der Waals surface area contributed by atoms with Gasteiger partial charge in [0, 0.05) is 22.8 Å². The van der Waals surface area contributed by atoms with Gasteiger partial charge in [-0.2, -0.15) is 0 Å². The minimum atomic E-state index is -0.0552. The molecule has 0 aliphatic rings. The van der Waals surface area contributed by atoms with E-state index in [1.54, 1.807) is 24.4 Å². The van der Waals surface area contributed by atoms with Gasteiger partial charge in [0.1, 0.15) is 5.69 Å². The van der Waals surface area contributed by atoms with E-state index in [2.05, 4.69) is 31.4 Å². The molecule has 1 aromatic heterocycles. The van der Waals surface area contributed by atoms with Gasteiger partial charge in [-0.25, -0.2) is 0 Å². The second-order valence-corrected chi connectivity index (χ2v) is 5.82. The summed E-state index contributed by atoms with van der Waals surface area (Å²) in [5.41, 5.74) is 7.35. The van der Waals surface area contributed by atoms with Gasteiger partial charge in [-0.05, 0) is 18.2 Å². The molecule has 2 rings (SSSR count). The molecule has 8 heteroatoms. The number of benzene rings is 1. The van der Waals surface area contributed by atoms with Gasteiger partial charge in [0.15, 0.2) is 5.84 Å². The van der Waals surface area contributed by atoms with Crippen LogP contribution in [-0.4, -0.2) is 16.0 Å². The highest BCUT2D eigenvalue weighted by Crippen LogP contribution is 2.34. The molecule has 0 fully saturated rings. The lowest BCUT2D eigenvalue weighted by Gasteiger charge is -2.12. The van der Waals surface area contributed by atoms with E-state index in [9.17, 15) is 0 Å². The summed E-state index contributed by atoms with van der Waals surface area (Å²) in [7, 11) is 0. The molecule has 110 valence electrons. The Balaban J connectivity index is 2.26. The van der Waals surface area contributed by atoms with Crippen molar-refractivity contribution in [1.29, 1.82) is 0 Å². The molecule has 4 N–H and O–H groups in total. The standard InChI is InChI=1S/C13H11BrCl2N4O/c14-8-4-9(15)12(10(16)5-8)19-6-7-2-1-3-18-11(7)13(17)20-21/h1-5,19,21H,6H2,(H2,17,20). The maximum Gasteiger partial charge on any atom is 0.189 e. The zero-order valence-corrected chi connectivity index (χ0v) is 13.7. The lowest BCUT2D eigenvalue weighted by Crippen LogP contribution is -2.18. The second-order valence-electron chi connectivity index (χ2n) is 4.09. The summed E-state index contributed by atoms with van der Waals surface area (Å²) in [6.07, 6.45) is 1.57. The van der Waals surface area contributed by atoms with Crippen LogP contribution in [0, 0.1) is 0 Å². The minimum absolute atomic E-state index is 0.0552. The molecule has 1 heterocycles. The minimum Gasteiger partial charge on any atom is -0.409 e. The maximum atomic E-state index is 8.77. The number of anilines is 1. The van der Waals surface area contributed by atoms with Gasteiger partial charge in [-0.3, -0.25) is 4.98 Å². The molecule has 0 bridgehead atoms. The third kappa shape index (κ3) is 3.78. The first kappa shape index (κ1) is 15.9. The van der Waals surface area contributed by atoms with Gasteiger partial charge in [0.25, 0.3) is 0 Å². The smallest absolute Gasteiger partial charge is 0.189 e. The molecule has 0 aliphatic heterocycles. The maximum absolute atomic E-state index is 8.77. The molecule has 0 unspecified atom stereocenters. The summed E-state index contributed by atoms with van der Waals surface area (Å²) in [4.78, 5) is 4.09. The average molecular weight is 390 g/mol. The number of oxime groups is 1. The van der Waals surface area contributed by atoms with Gasteiger partial charge >= 0.3 is 0 Å². The van der Waals surface area contributed by atoms with Crippen molar-refractivity contribution >= 4 is 50.7 Å².